The summed E-state index contributed by atoms with van der Waals surface area (Å²) < 4.78 is 33.8. The number of anilines is 1. The first-order valence-electron chi connectivity index (χ1n) is 9.39. The van der Waals surface area contributed by atoms with Crippen molar-refractivity contribution in [3.8, 4) is 6.07 Å². The first-order valence-corrected chi connectivity index (χ1v) is 10.8. The maximum absolute atomic E-state index is 12.9. The number of carbonyl (C=O) groups is 1. The number of aromatic nitrogens is 3. The van der Waals surface area contributed by atoms with Gasteiger partial charge < -0.3 is 9.84 Å². The van der Waals surface area contributed by atoms with Crippen LogP contribution in [-0.2, 0) is 21.4 Å². The van der Waals surface area contributed by atoms with Crippen LogP contribution in [0.25, 0.3) is 0 Å². The number of piperidine rings is 1. The highest BCUT2D eigenvalue weighted by Gasteiger charge is 2.35. The summed E-state index contributed by atoms with van der Waals surface area (Å²) in [6, 6.07) is 3.82. The summed E-state index contributed by atoms with van der Waals surface area (Å²) in [6.45, 7) is 5.88. The van der Waals surface area contributed by atoms with E-state index in [1.54, 1.807) is 24.6 Å². The maximum Gasteiger partial charge on any atom is 0.248 e. The zero-order valence-electron chi connectivity index (χ0n) is 16.7. The van der Waals surface area contributed by atoms with Gasteiger partial charge in [0.05, 0.1) is 24.7 Å². The van der Waals surface area contributed by atoms with Gasteiger partial charge in [-0.2, -0.15) is 14.7 Å². The molecule has 1 amide bonds. The van der Waals surface area contributed by atoms with E-state index in [-0.39, 0.29) is 35.6 Å². The molecule has 1 aliphatic rings. The topological polar surface area (TPSA) is 134 Å². The molecule has 10 nitrogen and oxygen atoms in total. The molecule has 1 N–H and O–H groups in total. The summed E-state index contributed by atoms with van der Waals surface area (Å²) >= 11 is 0. The van der Waals surface area contributed by atoms with Crippen LogP contribution in [0.15, 0.2) is 15.5 Å². The van der Waals surface area contributed by atoms with E-state index in [4.69, 9.17) is 9.78 Å². The fourth-order valence-corrected chi connectivity index (χ4v) is 5.29. The fourth-order valence-electron chi connectivity index (χ4n) is 3.53. The fraction of sp³-hybridized carbons (Fsp3) is 0.556. The number of rotatable bonds is 6. The van der Waals surface area contributed by atoms with Crippen LogP contribution in [0.2, 0.25) is 0 Å². The molecular formula is C18H24N6O4S. The molecule has 0 aliphatic carbocycles. The Morgan fingerprint density at radius 1 is 1.34 bits per heavy atom. The van der Waals surface area contributed by atoms with Gasteiger partial charge in [0, 0.05) is 25.1 Å². The van der Waals surface area contributed by atoms with Gasteiger partial charge >= 0.3 is 0 Å². The van der Waals surface area contributed by atoms with Crippen molar-refractivity contribution in [1.29, 1.82) is 5.26 Å². The molecule has 3 rings (SSSR count). The number of nitriles is 1. The van der Waals surface area contributed by atoms with E-state index in [0.29, 0.717) is 37.3 Å². The molecule has 0 bridgehead atoms. The molecule has 3 heterocycles. The molecule has 0 atom stereocenters. The maximum atomic E-state index is 12.9. The second-order valence-corrected chi connectivity index (χ2v) is 9.00. The van der Waals surface area contributed by atoms with Crippen molar-refractivity contribution in [2.45, 2.75) is 51.5 Å². The van der Waals surface area contributed by atoms with E-state index in [1.807, 2.05) is 6.92 Å². The van der Waals surface area contributed by atoms with E-state index >= 15 is 0 Å². The molecule has 2 aromatic heterocycles. The number of nitrogens with zero attached hydrogens (tertiary/aromatic N) is 5. The van der Waals surface area contributed by atoms with Crippen molar-refractivity contribution < 1.29 is 17.7 Å². The quantitative estimate of drug-likeness (QED) is 0.752. The average molecular weight is 420 g/mol. The van der Waals surface area contributed by atoms with Crippen molar-refractivity contribution in [3.63, 3.8) is 0 Å². The molecule has 29 heavy (non-hydrogen) atoms. The van der Waals surface area contributed by atoms with Crippen LogP contribution in [0.5, 0.6) is 0 Å². The Morgan fingerprint density at radius 3 is 2.62 bits per heavy atom. The lowest BCUT2D eigenvalue weighted by Crippen LogP contribution is -2.41. The zero-order chi connectivity index (χ0) is 21.2. The van der Waals surface area contributed by atoms with E-state index in [2.05, 4.69) is 21.6 Å². The van der Waals surface area contributed by atoms with E-state index < -0.39 is 10.0 Å². The Labute approximate surface area is 169 Å². The standard InChI is InChI=1S/C18H24N6O4S/c1-12-11-16(24(21-12)8-4-7-19)20-18(25)15-5-9-23(10-6-15)29(26,27)17-13(2)22-28-14(17)3/h11,15H,4-6,8-10H2,1-3H3,(H,20,25). The molecule has 0 aromatic carbocycles. The number of nitrogens with one attached hydrogen (secondary N) is 1. The van der Waals surface area contributed by atoms with Crippen LogP contribution in [-0.4, -0.2) is 46.7 Å². The van der Waals surface area contributed by atoms with Crippen LogP contribution in [0.4, 0.5) is 5.82 Å². The first-order chi connectivity index (χ1) is 13.7. The summed E-state index contributed by atoms with van der Waals surface area (Å²) in [5.74, 6) is 0.347. The predicted octanol–water partition coefficient (Wildman–Crippen LogP) is 1.75. The third kappa shape index (κ3) is 4.33. The Balaban J connectivity index is 1.64. The predicted molar refractivity (Wildman–Crippen MR) is 103 cm³/mol. The minimum atomic E-state index is -3.70. The zero-order valence-corrected chi connectivity index (χ0v) is 17.5. The second kappa shape index (κ2) is 8.34. The minimum absolute atomic E-state index is 0.109. The summed E-state index contributed by atoms with van der Waals surface area (Å²) in [6.07, 6.45) is 1.13. The highest BCUT2D eigenvalue weighted by molar-refractivity contribution is 7.89. The van der Waals surface area contributed by atoms with Gasteiger partial charge in [0.2, 0.25) is 15.9 Å². The average Bonchev–Trinajstić information content (AvgIpc) is 3.21. The smallest absolute Gasteiger partial charge is 0.248 e. The van der Waals surface area contributed by atoms with E-state index in [1.165, 1.54) is 4.31 Å². The highest BCUT2D eigenvalue weighted by atomic mass is 32.2. The van der Waals surface area contributed by atoms with Crippen molar-refractivity contribution in [1.82, 2.24) is 19.2 Å². The van der Waals surface area contributed by atoms with Crippen LogP contribution in [0.1, 0.15) is 36.4 Å². The van der Waals surface area contributed by atoms with E-state index in [0.717, 1.165) is 5.69 Å². The summed E-state index contributed by atoms with van der Waals surface area (Å²) in [4.78, 5) is 12.8. The lowest BCUT2D eigenvalue weighted by atomic mass is 9.97. The van der Waals surface area contributed by atoms with Gasteiger partial charge in [0.15, 0.2) is 5.76 Å². The highest BCUT2D eigenvalue weighted by Crippen LogP contribution is 2.28. The van der Waals surface area contributed by atoms with Crippen LogP contribution >= 0.6 is 0 Å². The van der Waals surface area contributed by atoms with Crippen molar-refractivity contribution in [2.75, 3.05) is 18.4 Å². The molecule has 11 heteroatoms. The summed E-state index contributed by atoms with van der Waals surface area (Å²) in [5, 5.41) is 19.6. The lowest BCUT2D eigenvalue weighted by Gasteiger charge is -2.30. The molecule has 156 valence electrons. The normalized spacial score (nSPS) is 15.9. The van der Waals surface area contributed by atoms with Gasteiger partial charge in [-0.1, -0.05) is 5.16 Å². The molecule has 1 aliphatic heterocycles. The van der Waals surface area contributed by atoms with Crippen LogP contribution in [0, 0.1) is 38.0 Å². The molecule has 1 saturated heterocycles. The lowest BCUT2D eigenvalue weighted by molar-refractivity contribution is -0.121. The van der Waals surface area contributed by atoms with Gasteiger partial charge in [-0.05, 0) is 33.6 Å². The second-order valence-electron chi connectivity index (χ2n) is 7.12. The first kappa shape index (κ1) is 21.0. The Bertz CT molecular complexity index is 1020. The molecule has 0 unspecified atom stereocenters. The van der Waals surface area contributed by atoms with Gasteiger partial charge in [-0.15, -0.1) is 0 Å². The SMILES string of the molecule is Cc1cc(NC(=O)C2CCN(S(=O)(=O)c3c(C)noc3C)CC2)n(CCC#N)n1. The van der Waals surface area contributed by atoms with E-state index in [9.17, 15) is 13.2 Å². The summed E-state index contributed by atoms with van der Waals surface area (Å²) in [5.41, 5.74) is 1.09. The number of sulfonamides is 1. The Kier molecular flexibility index (Phi) is 6.04. The largest absolute Gasteiger partial charge is 0.360 e. The van der Waals surface area contributed by atoms with Gasteiger partial charge in [-0.25, -0.2) is 13.1 Å². The minimum Gasteiger partial charge on any atom is -0.360 e. The Morgan fingerprint density at radius 2 is 2.03 bits per heavy atom. The third-order valence-corrected chi connectivity index (χ3v) is 7.12. The van der Waals surface area contributed by atoms with Crippen molar-refractivity contribution >= 4 is 21.7 Å². The van der Waals surface area contributed by atoms with Crippen LogP contribution < -0.4 is 5.32 Å². The summed E-state index contributed by atoms with van der Waals surface area (Å²) in [7, 11) is -3.70. The molecule has 0 spiro atoms. The molecule has 2 aromatic rings. The molecule has 1 fully saturated rings. The number of amides is 1. The Hall–Kier alpha value is -2.71. The molecule has 0 radical (unpaired) electrons. The number of hydrogen-bond acceptors (Lipinski definition) is 7. The van der Waals surface area contributed by atoms with Crippen molar-refractivity contribution in [3.05, 3.63) is 23.2 Å². The van der Waals surface area contributed by atoms with Gasteiger partial charge in [0.1, 0.15) is 16.4 Å². The number of hydrogen-bond donors (Lipinski definition) is 1. The third-order valence-electron chi connectivity index (χ3n) is 4.98. The molecular weight excluding hydrogens is 396 g/mol. The van der Waals surface area contributed by atoms with Crippen molar-refractivity contribution in [2.24, 2.45) is 5.92 Å². The molecule has 0 saturated carbocycles. The van der Waals surface area contributed by atoms with Crippen LogP contribution in [0.3, 0.4) is 0 Å². The number of carbonyl (C=O) groups excluding carboxylic acids is 1. The van der Waals surface area contributed by atoms with Gasteiger partial charge in [-0.3, -0.25) is 4.79 Å². The monoisotopic (exact) mass is 420 g/mol. The number of aryl methyl sites for hydroxylation is 4. The van der Waals surface area contributed by atoms with Gasteiger partial charge in [0.25, 0.3) is 0 Å².